The van der Waals surface area contributed by atoms with Gasteiger partial charge in [-0.25, -0.2) is 5.10 Å². The summed E-state index contributed by atoms with van der Waals surface area (Å²) in [7, 11) is 0. The van der Waals surface area contributed by atoms with Gasteiger partial charge in [0.1, 0.15) is 0 Å². The second-order valence-corrected chi connectivity index (χ2v) is 5.31. The van der Waals surface area contributed by atoms with Gasteiger partial charge in [-0.05, 0) is 49.8 Å². The number of nitrogens with one attached hydrogen (secondary N) is 2. The van der Waals surface area contributed by atoms with Crippen LogP contribution in [0.25, 0.3) is 11.5 Å². The van der Waals surface area contributed by atoms with Crippen LogP contribution >= 0.6 is 12.2 Å². The van der Waals surface area contributed by atoms with Crippen LogP contribution in [-0.2, 0) is 4.74 Å². The molecule has 0 aliphatic carbocycles. The monoisotopic (exact) mass is 305 g/mol. The van der Waals surface area contributed by atoms with Crippen LogP contribution in [-0.4, -0.2) is 34.9 Å². The minimum atomic E-state index is -0.105. The average Bonchev–Trinajstić information content (AvgIpc) is 3.08. The number of rotatable bonds is 3. The van der Waals surface area contributed by atoms with Crippen LogP contribution in [0, 0.1) is 4.84 Å². The third-order valence-electron chi connectivity index (χ3n) is 3.52. The summed E-state index contributed by atoms with van der Waals surface area (Å²) in [5.41, 5.74) is 1.35. The summed E-state index contributed by atoms with van der Waals surface area (Å²) in [6.45, 7) is 2.65. The Hall–Kier alpha value is -1.99. The average molecular weight is 305 g/mol. The molecular weight excluding hydrogens is 290 g/mol. The van der Waals surface area contributed by atoms with Crippen molar-refractivity contribution < 1.29 is 13.9 Å². The molecule has 1 saturated heterocycles. The highest BCUT2D eigenvalue weighted by atomic mass is 32.1. The number of H-pyrrole nitrogens is 1. The van der Waals surface area contributed by atoms with E-state index < -0.39 is 0 Å². The summed E-state index contributed by atoms with van der Waals surface area (Å²) < 4.78 is 10.7. The summed E-state index contributed by atoms with van der Waals surface area (Å²) >= 11 is 4.83. The number of ether oxygens (including phenoxy) is 1. The van der Waals surface area contributed by atoms with E-state index >= 15 is 0 Å². The number of aromatic amines is 1. The number of benzene rings is 1. The van der Waals surface area contributed by atoms with Crippen LogP contribution in [0.5, 0.6) is 0 Å². The molecule has 0 radical (unpaired) electrons. The van der Waals surface area contributed by atoms with Crippen molar-refractivity contribution in [3.8, 4) is 11.5 Å². The minimum Gasteiger partial charge on any atom is -0.409 e. The first-order valence-electron chi connectivity index (χ1n) is 6.72. The fourth-order valence-corrected chi connectivity index (χ4v) is 2.42. The zero-order chi connectivity index (χ0) is 14.8. The van der Waals surface area contributed by atoms with E-state index in [1.165, 1.54) is 0 Å². The van der Waals surface area contributed by atoms with Gasteiger partial charge >= 0.3 is 0 Å². The van der Waals surface area contributed by atoms with Crippen molar-refractivity contribution in [2.75, 3.05) is 6.61 Å². The van der Waals surface area contributed by atoms with Gasteiger partial charge in [-0.1, -0.05) is 0 Å². The molecule has 2 heterocycles. The van der Waals surface area contributed by atoms with E-state index in [0.717, 1.165) is 12.0 Å². The van der Waals surface area contributed by atoms with Gasteiger partial charge in [-0.2, -0.15) is 0 Å². The van der Waals surface area contributed by atoms with Crippen molar-refractivity contribution in [1.29, 1.82) is 0 Å². The third-order valence-corrected chi connectivity index (χ3v) is 3.70. The highest BCUT2D eigenvalue weighted by molar-refractivity contribution is 7.71. The number of nitrogens with zero attached hydrogens (tertiary/aromatic N) is 1. The summed E-state index contributed by atoms with van der Waals surface area (Å²) in [6.07, 6.45) is 0.903. The summed E-state index contributed by atoms with van der Waals surface area (Å²) in [4.78, 5) is 12.4. The number of aromatic nitrogens is 2. The van der Waals surface area contributed by atoms with E-state index in [2.05, 4.69) is 15.5 Å². The molecule has 2 aromatic rings. The highest BCUT2D eigenvalue weighted by Gasteiger charge is 2.25. The smallest absolute Gasteiger partial charge is 0.284 e. The Bertz CT molecular complexity index is 692. The van der Waals surface area contributed by atoms with Crippen LogP contribution in [0.3, 0.4) is 0 Å². The number of amides is 1. The quantitative estimate of drug-likeness (QED) is 0.851. The zero-order valence-electron chi connectivity index (χ0n) is 11.5. The van der Waals surface area contributed by atoms with Crippen molar-refractivity contribution in [2.24, 2.45) is 0 Å². The molecule has 6 nitrogen and oxygen atoms in total. The van der Waals surface area contributed by atoms with Crippen molar-refractivity contribution in [2.45, 2.75) is 25.5 Å². The summed E-state index contributed by atoms with van der Waals surface area (Å²) in [6, 6.07) is 7.09. The number of carbonyl (C=O) groups is 1. The molecular formula is C14H15N3O3S. The Labute approximate surface area is 126 Å². The van der Waals surface area contributed by atoms with Gasteiger partial charge in [0.15, 0.2) is 0 Å². The first kappa shape index (κ1) is 14.0. The number of hydrogen-bond donors (Lipinski definition) is 2. The first-order chi connectivity index (χ1) is 10.1. The lowest BCUT2D eigenvalue weighted by Crippen LogP contribution is -2.39. The van der Waals surface area contributed by atoms with Crippen molar-refractivity contribution >= 4 is 18.1 Å². The van der Waals surface area contributed by atoms with Gasteiger partial charge in [0.2, 0.25) is 5.89 Å². The largest absolute Gasteiger partial charge is 0.409 e. The molecule has 2 atom stereocenters. The van der Waals surface area contributed by atoms with E-state index in [-0.39, 0.29) is 22.9 Å². The third kappa shape index (κ3) is 3.03. The van der Waals surface area contributed by atoms with E-state index in [0.29, 0.717) is 18.1 Å². The molecule has 1 aromatic carbocycles. The number of carbonyl (C=O) groups excluding carboxylic acids is 1. The maximum absolute atomic E-state index is 12.2. The molecule has 1 amide bonds. The Morgan fingerprint density at radius 2 is 2.19 bits per heavy atom. The minimum absolute atomic E-state index is 0.0570. The summed E-state index contributed by atoms with van der Waals surface area (Å²) in [5, 5.41) is 9.49. The Balaban J connectivity index is 1.71. The SMILES string of the molecule is C[C@@H]1OCC[C@@H]1NC(=O)c1ccc(-c2n[nH]c(=S)o2)cc1. The van der Waals surface area contributed by atoms with Gasteiger partial charge in [0.05, 0.1) is 12.1 Å². The van der Waals surface area contributed by atoms with E-state index in [1.54, 1.807) is 24.3 Å². The maximum Gasteiger partial charge on any atom is 0.284 e. The molecule has 2 N–H and O–H groups in total. The topological polar surface area (TPSA) is 80.1 Å². The molecule has 0 spiro atoms. The Kier molecular flexibility index (Phi) is 3.85. The van der Waals surface area contributed by atoms with Crippen molar-refractivity contribution in [3.05, 3.63) is 34.7 Å². The maximum atomic E-state index is 12.2. The predicted octanol–water partition coefficient (Wildman–Crippen LogP) is 2.31. The van der Waals surface area contributed by atoms with Crippen LogP contribution in [0.4, 0.5) is 0 Å². The van der Waals surface area contributed by atoms with E-state index in [9.17, 15) is 4.79 Å². The zero-order valence-corrected chi connectivity index (χ0v) is 12.3. The standard InChI is InChI=1S/C14H15N3O3S/c1-8-11(6-7-19-8)15-12(18)9-2-4-10(5-3-9)13-16-17-14(21)20-13/h2-5,8,11H,6-7H2,1H3,(H,15,18)(H,17,21)/t8-,11-/m0/s1. The lowest BCUT2D eigenvalue weighted by atomic mass is 10.1. The summed E-state index contributed by atoms with van der Waals surface area (Å²) in [5.74, 6) is 0.302. The van der Waals surface area contributed by atoms with Gasteiger partial charge < -0.3 is 14.5 Å². The molecule has 0 unspecified atom stereocenters. The van der Waals surface area contributed by atoms with Crippen LogP contribution in [0.15, 0.2) is 28.7 Å². The van der Waals surface area contributed by atoms with Crippen LogP contribution in [0.2, 0.25) is 0 Å². The lowest BCUT2D eigenvalue weighted by molar-refractivity contribution is 0.0866. The van der Waals surface area contributed by atoms with E-state index in [4.69, 9.17) is 21.4 Å². The normalized spacial score (nSPS) is 21.4. The molecule has 0 saturated carbocycles. The molecule has 1 aliphatic heterocycles. The van der Waals surface area contributed by atoms with Crippen molar-refractivity contribution in [1.82, 2.24) is 15.5 Å². The molecule has 7 heteroatoms. The molecule has 110 valence electrons. The fraction of sp³-hybridized carbons (Fsp3) is 0.357. The van der Waals surface area contributed by atoms with Gasteiger partial charge in [-0.15, -0.1) is 5.10 Å². The Morgan fingerprint density at radius 1 is 1.43 bits per heavy atom. The molecule has 3 rings (SSSR count). The van der Waals surface area contributed by atoms with Gasteiger partial charge in [0, 0.05) is 17.7 Å². The molecule has 0 bridgehead atoms. The molecule has 1 aromatic heterocycles. The second kappa shape index (κ2) is 5.79. The first-order valence-corrected chi connectivity index (χ1v) is 7.13. The number of hydrogen-bond acceptors (Lipinski definition) is 5. The second-order valence-electron chi connectivity index (χ2n) is 4.94. The van der Waals surface area contributed by atoms with Crippen LogP contribution < -0.4 is 5.32 Å². The highest BCUT2D eigenvalue weighted by Crippen LogP contribution is 2.18. The van der Waals surface area contributed by atoms with Crippen LogP contribution in [0.1, 0.15) is 23.7 Å². The lowest BCUT2D eigenvalue weighted by Gasteiger charge is -2.15. The van der Waals surface area contributed by atoms with Gasteiger partial charge in [0.25, 0.3) is 10.7 Å². The molecule has 21 heavy (non-hydrogen) atoms. The van der Waals surface area contributed by atoms with E-state index in [1.807, 2.05) is 6.92 Å². The Morgan fingerprint density at radius 3 is 2.76 bits per heavy atom. The fourth-order valence-electron chi connectivity index (χ4n) is 2.29. The molecule has 1 fully saturated rings. The van der Waals surface area contributed by atoms with Gasteiger partial charge in [-0.3, -0.25) is 4.79 Å². The predicted molar refractivity (Wildman–Crippen MR) is 78.4 cm³/mol. The molecule has 1 aliphatic rings. The van der Waals surface area contributed by atoms with Crippen molar-refractivity contribution in [3.63, 3.8) is 0 Å².